The summed E-state index contributed by atoms with van der Waals surface area (Å²) in [6.45, 7) is 2.74. The molecule has 5 heteroatoms. The highest BCUT2D eigenvalue weighted by atomic mass is 32.2. The van der Waals surface area contributed by atoms with Gasteiger partial charge in [-0.3, -0.25) is 4.79 Å². The third-order valence-electron chi connectivity index (χ3n) is 3.38. The highest BCUT2D eigenvalue weighted by molar-refractivity contribution is 7.99. The zero-order valence-corrected chi connectivity index (χ0v) is 10.1. The topological polar surface area (TPSA) is 57.8 Å². The number of nitrogens with one attached hydrogen (secondary N) is 2. The van der Waals surface area contributed by atoms with E-state index in [4.69, 9.17) is 0 Å². The summed E-state index contributed by atoms with van der Waals surface area (Å²) in [6.07, 6.45) is 1.13. The molecule has 0 aliphatic carbocycles. The second-order valence-electron chi connectivity index (χ2n) is 4.47. The van der Waals surface area contributed by atoms with Crippen molar-refractivity contribution in [1.29, 1.82) is 0 Å². The Bertz CT molecular complexity index is 465. The first-order valence-corrected chi connectivity index (χ1v) is 6.85. The Morgan fingerprint density at radius 1 is 1.50 bits per heavy atom. The van der Waals surface area contributed by atoms with Crippen LogP contribution in [-0.4, -0.2) is 21.5 Å². The summed E-state index contributed by atoms with van der Waals surface area (Å²) < 4.78 is 0. The van der Waals surface area contributed by atoms with Crippen molar-refractivity contribution in [3.8, 4) is 0 Å². The molecule has 2 aliphatic rings. The molecular weight excluding hydrogens is 222 g/mol. The van der Waals surface area contributed by atoms with Gasteiger partial charge in [-0.15, -0.1) is 0 Å². The molecule has 0 aromatic carbocycles. The number of H-pyrrole nitrogens is 1. The lowest BCUT2D eigenvalue weighted by Gasteiger charge is -2.09. The minimum atomic E-state index is 0.0504. The number of fused-ring (bicyclic) bond motifs is 1. The molecule has 0 radical (unpaired) electrons. The van der Waals surface area contributed by atoms with Crippen LogP contribution in [0.2, 0.25) is 0 Å². The largest absolute Gasteiger partial charge is 0.310 e. The average Bonchev–Trinajstić information content (AvgIpc) is 2.87. The van der Waals surface area contributed by atoms with E-state index in [1.165, 1.54) is 5.75 Å². The molecule has 0 spiro atoms. The fraction of sp³-hybridized carbons (Fsp3) is 0.636. The Morgan fingerprint density at radius 3 is 3.12 bits per heavy atom. The third-order valence-corrected chi connectivity index (χ3v) is 4.54. The molecule has 1 fully saturated rings. The summed E-state index contributed by atoms with van der Waals surface area (Å²) in [4.78, 5) is 19.5. The molecule has 16 heavy (non-hydrogen) atoms. The fourth-order valence-corrected chi connectivity index (χ4v) is 3.65. The zero-order valence-electron chi connectivity index (χ0n) is 9.25. The maximum absolute atomic E-state index is 12.0. The van der Waals surface area contributed by atoms with Crippen molar-refractivity contribution >= 4 is 11.8 Å². The Labute approximate surface area is 98.2 Å². The minimum absolute atomic E-state index is 0.0504. The van der Waals surface area contributed by atoms with Gasteiger partial charge < -0.3 is 10.3 Å². The molecule has 1 aromatic rings. The molecule has 3 rings (SSSR count). The first-order valence-electron chi connectivity index (χ1n) is 5.70. The summed E-state index contributed by atoms with van der Waals surface area (Å²) in [7, 11) is 0. The van der Waals surface area contributed by atoms with Crippen molar-refractivity contribution in [1.82, 2.24) is 15.3 Å². The quantitative estimate of drug-likeness (QED) is 0.769. The van der Waals surface area contributed by atoms with Crippen molar-refractivity contribution in [2.24, 2.45) is 0 Å². The van der Waals surface area contributed by atoms with Gasteiger partial charge in [0.25, 0.3) is 5.56 Å². The number of aromatic amines is 1. The first kappa shape index (κ1) is 10.4. The van der Waals surface area contributed by atoms with Crippen molar-refractivity contribution in [3.05, 3.63) is 27.4 Å². The van der Waals surface area contributed by atoms with Crippen molar-refractivity contribution in [3.63, 3.8) is 0 Å². The van der Waals surface area contributed by atoms with Crippen LogP contribution in [0.15, 0.2) is 4.79 Å². The summed E-state index contributed by atoms with van der Waals surface area (Å²) in [5.74, 6) is 3.61. The first-order chi connectivity index (χ1) is 7.75. The summed E-state index contributed by atoms with van der Waals surface area (Å²) in [6, 6.07) is 0.137. The summed E-state index contributed by atoms with van der Waals surface area (Å²) in [5.41, 5.74) is 1.83. The minimum Gasteiger partial charge on any atom is -0.310 e. The predicted octanol–water partition coefficient (Wildman–Crippen LogP) is 1.15. The molecule has 1 saturated heterocycles. The number of thioether (sulfide) groups is 1. The molecular formula is C11H15N3OS. The number of hydrogen-bond donors (Lipinski definition) is 2. The number of nitrogens with zero attached hydrogens (tertiary/aromatic N) is 1. The molecule has 86 valence electrons. The molecule has 0 bridgehead atoms. The Kier molecular flexibility index (Phi) is 2.52. The monoisotopic (exact) mass is 237 g/mol. The van der Waals surface area contributed by atoms with Crippen LogP contribution in [0.1, 0.15) is 42.4 Å². The summed E-state index contributed by atoms with van der Waals surface area (Å²) in [5, 5.41) is 3.26. The van der Waals surface area contributed by atoms with E-state index in [1.54, 1.807) is 0 Å². The molecule has 3 heterocycles. The van der Waals surface area contributed by atoms with Crippen LogP contribution in [0.5, 0.6) is 0 Å². The number of hydrogen-bond acceptors (Lipinski definition) is 4. The maximum atomic E-state index is 12.0. The van der Waals surface area contributed by atoms with Crippen LogP contribution >= 0.6 is 11.8 Å². The van der Waals surface area contributed by atoms with E-state index < -0.39 is 0 Å². The summed E-state index contributed by atoms with van der Waals surface area (Å²) >= 11 is 1.94. The van der Waals surface area contributed by atoms with Crippen LogP contribution in [0, 0.1) is 0 Å². The molecule has 2 unspecified atom stereocenters. The van der Waals surface area contributed by atoms with Gasteiger partial charge >= 0.3 is 0 Å². The van der Waals surface area contributed by atoms with Gasteiger partial charge in [-0.1, -0.05) is 0 Å². The van der Waals surface area contributed by atoms with Crippen molar-refractivity contribution in [2.45, 2.75) is 31.8 Å². The van der Waals surface area contributed by atoms with Crippen LogP contribution < -0.4 is 10.9 Å². The van der Waals surface area contributed by atoms with Crippen LogP contribution in [-0.2, 0) is 6.54 Å². The fourth-order valence-electron chi connectivity index (χ4n) is 2.42. The van der Waals surface area contributed by atoms with Gasteiger partial charge in [0.15, 0.2) is 0 Å². The van der Waals surface area contributed by atoms with E-state index in [9.17, 15) is 4.79 Å². The standard InChI is InChI=1S/C11H15N3OS/c1-6-9-8(4-12-6)13-10(14-11(9)15)7-2-3-16-5-7/h6-7,12H,2-5H2,1H3,(H,13,14,15). The smallest absolute Gasteiger partial charge is 0.255 e. The molecule has 4 nitrogen and oxygen atoms in total. The molecule has 1 aromatic heterocycles. The predicted molar refractivity (Wildman–Crippen MR) is 64.8 cm³/mol. The van der Waals surface area contributed by atoms with Gasteiger partial charge in [-0.05, 0) is 19.1 Å². The van der Waals surface area contributed by atoms with Gasteiger partial charge in [0, 0.05) is 24.3 Å². The normalized spacial score (nSPS) is 28.3. The highest BCUT2D eigenvalue weighted by Gasteiger charge is 2.26. The van der Waals surface area contributed by atoms with Gasteiger partial charge in [0.1, 0.15) is 5.82 Å². The van der Waals surface area contributed by atoms with Gasteiger partial charge in [-0.2, -0.15) is 11.8 Å². The highest BCUT2D eigenvalue weighted by Crippen LogP contribution is 2.30. The molecule has 2 aliphatic heterocycles. The average molecular weight is 237 g/mol. The zero-order chi connectivity index (χ0) is 11.1. The Balaban J connectivity index is 2.04. The van der Waals surface area contributed by atoms with E-state index in [2.05, 4.69) is 15.3 Å². The van der Waals surface area contributed by atoms with E-state index in [1.807, 2.05) is 18.7 Å². The van der Waals surface area contributed by atoms with Gasteiger partial charge in [0.05, 0.1) is 11.3 Å². The lowest BCUT2D eigenvalue weighted by atomic mass is 10.1. The van der Waals surface area contributed by atoms with E-state index in [-0.39, 0.29) is 11.6 Å². The lowest BCUT2D eigenvalue weighted by molar-refractivity contribution is 0.629. The van der Waals surface area contributed by atoms with Crippen LogP contribution in [0.3, 0.4) is 0 Å². The SMILES string of the molecule is CC1NCc2nc(C3CCSC3)[nH]c(=O)c21. The van der Waals surface area contributed by atoms with Gasteiger partial charge in [-0.25, -0.2) is 4.98 Å². The van der Waals surface area contributed by atoms with Crippen molar-refractivity contribution < 1.29 is 0 Å². The van der Waals surface area contributed by atoms with E-state index >= 15 is 0 Å². The van der Waals surface area contributed by atoms with Crippen LogP contribution in [0.25, 0.3) is 0 Å². The van der Waals surface area contributed by atoms with E-state index in [0.717, 1.165) is 35.8 Å². The third kappa shape index (κ3) is 1.58. The lowest BCUT2D eigenvalue weighted by Crippen LogP contribution is -2.21. The van der Waals surface area contributed by atoms with Crippen LogP contribution in [0.4, 0.5) is 0 Å². The second-order valence-corrected chi connectivity index (χ2v) is 5.62. The Morgan fingerprint density at radius 2 is 2.38 bits per heavy atom. The number of aromatic nitrogens is 2. The molecule has 0 amide bonds. The van der Waals surface area contributed by atoms with Gasteiger partial charge in [0.2, 0.25) is 0 Å². The van der Waals surface area contributed by atoms with Crippen molar-refractivity contribution in [2.75, 3.05) is 11.5 Å². The number of rotatable bonds is 1. The second kappa shape index (κ2) is 3.89. The molecule has 2 atom stereocenters. The Hall–Kier alpha value is -0.810. The maximum Gasteiger partial charge on any atom is 0.255 e. The molecule has 2 N–H and O–H groups in total. The van der Waals surface area contributed by atoms with E-state index in [0.29, 0.717) is 5.92 Å². The molecule has 0 saturated carbocycles.